The number of carboxylic acids is 1. The Hall–Kier alpha value is -3.58. The first-order valence-corrected chi connectivity index (χ1v) is 9.53. The van der Waals surface area contributed by atoms with Crippen molar-refractivity contribution in [1.82, 2.24) is 9.97 Å². The smallest absolute Gasteiger partial charge is 0.260 e. The molecule has 0 unspecified atom stereocenters. The van der Waals surface area contributed by atoms with E-state index in [1.54, 1.807) is 25.1 Å². The predicted molar refractivity (Wildman–Crippen MR) is 109 cm³/mol. The molecule has 0 saturated heterocycles. The summed E-state index contributed by atoms with van der Waals surface area (Å²) < 4.78 is 13.7. The molecule has 0 spiro atoms. The summed E-state index contributed by atoms with van der Waals surface area (Å²) in [5, 5.41) is 11.6. The number of fused-ring (bicyclic) bond motifs is 1. The first-order valence-electron chi connectivity index (χ1n) is 8.72. The van der Waals surface area contributed by atoms with E-state index in [1.807, 2.05) is 30.3 Å². The van der Waals surface area contributed by atoms with Crippen molar-refractivity contribution in [3.05, 3.63) is 98.2 Å². The van der Waals surface area contributed by atoms with Gasteiger partial charge in [-0.05, 0) is 41.8 Å². The molecule has 2 heterocycles. The fourth-order valence-corrected chi connectivity index (χ4v) is 4.15. The Bertz CT molecular complexity index is 1320. The molecule has 4 rings (SSSR count). The number of benzene rings is 2. The van der Waals surface area contributed by atoms with Crippen molar-refractivity contribution in [3.8, 4) is 0 Å². The summed E-state index contributed by atoms with van der Waals surface area (Å²) in [5.41, 5.74) is 1.85. The number of H-pyrrole nitrogens is 1. The summed E-state index contributed by atoms with van der Waals surface area (Å²) in [6.07, 6.45) is 1.72. The summed E-state index contributed by atoms with van der Waals surface area (Å²) in [5.74, 6) is -1.45. The zero-order chi connectivity index (χ0) is 20.5. The number of carboxylic acid groups (broad SMARTS) is 1. The van der Waals surface area contributed by atoms with Crippen molar-refractivity contribution in [2.24, 2.45) is 0 Å². The third-order valence-corrected chi connectivity index (χ3v) is 5.65. The van der Waals surface area contributed by atoms with Gasteiger partial charge in [-0.15, -0.1) is 11.3 Å². The number of nitrogens with zero attached hydrogens (tertiary/aromatic N) is 1. The van der Waals surface area contributed by atoms with Gasteiger partial charge in [0.25, 0.3) is 5.56 Å². The zero-order valence-corrected chi connectivity index (χ0v) is 16.0. The fraction of sp³-hybridized carbons (Fsp3) is 0.0455. The third kappa shape index (κ3) is 3.60. The highest BCUT2D eigenvalue weighted by Crippen LogP contribution is 2.29. The molecular weight excluding hydrogens is 391 g/mol. The lowest BCUT2D eigenvalue weighted by Crippen LogP contribution is -2.21. The SMILES string of the molecule is Cc1c(C(=O)[O-])sc2nc(/C(=C\c3cccc(F)c3)c3ccccc3)[nH]c(=O)c12. The maximum Gasteiger partial charge on any atom is 0.260 e. The van der Waals surface area contributed by atoms with Gasteiger partial charge in [0.05, 0.1) is 16.2 Å². The monoisotopic (exact) mass is 405 g/mol. The van der Waals surface area contributed by atoms with Gasteiger partial charge in [-0.25, -0.2) is 9.37 Å². The lowest BCUT2D eigenvalue weighted by atomic mass is 10.0. The van der Waals surface area contributed by atoms with Gasteiger partial charge >= 0.3 is 0 Å². The van der Waals surface area contributed by atoms with Crippen molar-refractivity contribution in [1.29, 1.82) is 0 Å². The molecule has 1 N–H and O–H groups in total. The summed E-state index contributed by atoms with van der Waals surface area (Å²) >= 11 is 0.901. The normalized spacial score (nSPS) is 11.7. The van der Waals surface area contributed by atoms with Gasteiger partial charge in [-0.1, -0.05) is 42.5 Å². The van der Waals surface area contributed by atoms with E-state index in [9.17, 15) is 19.1 Å². The molecule has 2 aromatic heterocycles. The van der Waals surface area contributed by atoms with Crippen LogP contribution in [0.1, 0.15) is 32.2 Å². The number of hydrogen-bond donors (Lipinski definition) is 1. The molecule has 144 valence electrons. The van der Waals surface area contributed by atoms with Crippen LogP contribution in [-0.2, 0) is 0 Å². The predicted octanol–water partition coefficient (Wildman–Crippen LogP) is 3.38. The molecule has 0 bridgehead atoms. The first-order chi connectivity index (χ1) is 13.9. The van der Waals surface area contributed by atoms with Crippen LogP contribution in [0.2, 0.25) is 0 Å². The van der Waals surface area contributed by atoms with Crippen LogP contribution in [0.5, 0.6) is 0 Å². The number of aryl methyl sites for hydroxylation is 1. The number of carbonyl (C=O) groups is 1. The number of thiophene rings is 1. The number of rotatable bonds is 4. The molecule has 0 amide bonds. The standard InChI is InChI=1S/C22H15FN2O3S/c1-12-17-20(26)24-19(25-21(17)29-18(12)22(27)28)16(14-7-3-2-4-8-14)11-13-6-5-9-15(23)10-13/h2-11H,1H3,(H,27,28)(H,24,25,26)/p-1/b16-11-. The van der Waals surface area contributed by atoms with E-state index < -0.39 is 11.5 Å². The minimum atomic E-state index is -1.34. The highest BCUT2D eigenvalue weighted by atomic mass is 32.1. The minimum absolute atomic E-state index is 0.0227. The Morgan fingerprint density at radius 3 is 2.62 bits per heavy atom. The molecule has 2 aromatic carbocycles. The molecule has 5 nitrogen and oxygen atoms in total. The summed E-state index contributed by atoms with van der Waals surface area (Å²) in [6, 6.07) is 15.3. The van der Waals surface area contributed by atoms with Crippen LogP contribution in [0, 0.1) is 12.7 Å². The molecule has 7 heteroatoms. The molecule has 29 heavy (non-hydrogen) atoms. The number of nitrogens with one attached hydrogen (secondary N) is 1. The maximum absolute atomic E-state index is 13.7. The summed E-state index contributed by atoms with van der Waals surface area (Å²) in [7, 11) is 0. The Morgan fingerprint density at radius 1 is 1.17 bits per heavy atom. The molecule has 0 aliphatic heterocycles. The number of halogens is 1. The van der Waals surface area contributed by atoms with E-state index in [0.29, 0.717) is 21.5 Å². The highest BCUT2D eigenvalue weighted by molar-refractivity contribution is 7.20. The fourth-order valence-electron chi connectivity index (χ4n) is 3.14. The van der Waals surface area contributed by atoms with Crippen molar-refractivity contribution in [2.45, 2.75) is 6.92 Å². The molecular formula is C22H14FN2O3S-. The number of carbonyl (C=O) groups excluding carboxylic acids is 1. The van der Waals surface area contributed by atoms with Crippen LogP contribution in [0.15, 0.2) is 59.4 Å². The second-order valence-electron chi connectivity index (χ2n) is 6.42. The molecule has 0 atom stereocenters. The first kappa shape index (κ1) is 18.8. The Labute approximate surface area is 168 Å². The summed E-state index contributed by atoms with van der Waals surface area (Å²) in [4.78, 5) is 31.6. The Morgan fingerprint density at radius 2 is 1.93 bits per heavy atom. The van der Waals surface area contributed by atoms with E-state index in [-0.39, 0.29) is 21.9 Å². The molecule has 0 saturated carbocycles. The highest BCUT2D eigenvalue weighted by Gasteiger charge is 2.17. The van der Waals surface area contributed by atoms with Crippen LogP contribution in [0.3, 0.4) is 0 Å². The third-order valence-electron chi connectivity index (χ3n) is 4.49. The average Bonchev–Trinajstić information content (AvgIpc) is 3.04. The number of aromatic nitrogens is 2. The van der Waals surface area contributed by atoms with Crippen molar-refractivity contribution in [2.75, 3.05) is 0 Å². The van der Waals surface area contributed by atoms with E-state index in [1.165, 1.54) is 12.1 Å². The topological polar surface area (TPSA) is 85.9 Å². The van der Waals surface area contributed by atoms with E-state index in [4.69, 9.17) is 0 Å². The van der Waals surface area contributed by atoms with Gasteiger partial charge in [-0.3, -0.25) is 4.79 Å². The van der Waals surface area contributed by atoms with Crippen molar-refractivity contribution in [3.63, 3.8) is 0 Å². The zero-order valence-electron chi connectivity index (χ0n) is 15.2. The molecule has 0 fully saturated rings. The second-order valence-corrected chi connectivity index (χ2v) is 7.42. The summed E-state index contributed by atoms with van der Waals surface area (Å²) in [6.45, 7) is 1.56. The Balaban J connectivity index is 1.97. The number of aromatic amines is 1. The van der Waals surface area contributed by atoms with Crippen LogP contribution < -0.4 is 10.7 Å². The maximum atomic E-state index is 13.7. The molecule has 4 aromatic rings. The second kappa shape index (κ2) is 7.44. The van der Waals surface area contributed by atoms with Gasteiger partial charge in [0.1, 0.15) is 16.5 Å². The van der Waals surface area contributed by atoms with E-state index >= 15 is 0 Å². The Kier molecular flexibility index (Phi) is 4.82. The van der Waals surface area contributed by atoms with Crippen molar-refractivity contribution >= 4 is 39.2 Å². The number of hydrogen-bond acceptors (Lipinski definition) is 5. The quantitative estimate of drug-likeness (QED) is 0.528. The van der Waals surface area contributed by atoms with Gasteiger partial charge < -0.3 is 14.9 Å². The average molecular weight is 405 g/mol. The molecule has 0 radical (unpaired) electrons. The van der Waals surface area contributed by atoms with E-state index in [0.717, 1.165) is 16.9 Å². The van der Waals surface area contributed by atoms with Gasteiger partial charge in [0.2, 0.25) is 0 Å². The van der Waals surface area contributed by atoms with Gasteiger partial charge in [0.15, 0.2) is 0 Å². The lowest BCUT2D eigenvalue weighted by molar-refractivity contribution is -0.254. The lowest BCUT2D eigenvalue weighted by Gasteiger charge is -2.08. The van der Waals surface area contributed by atoms with Crippen LogP contribution in [0.25, 0.3) is 21.9 Å². The van der Waals surface area contributed by atoms with Gasteiger partial charge in [-0.2, -0.15) is 0 Å². The largest absolute Gasteiger partial charge is 0.544 e. The minimum Gasteiger partial charge on any atom is -0.544 e. The number of aromatic carboxylic acids is 1. The van der Waals surface area contributed by atoms with E-state index in [2.05, 4.69) is 9.97 Å². The van der Waals surface area contributed by atoms with Crippen LogP contribution >= 0.6 is 11.3 Å². The molecule has 0 aliphatic rings. The molecule has 0 aliphatic carbocycles. The van der Waals surface area contributed by atoms with Gasteiger partial charge in [0, 0.05) is 5.57 Å². The van der Waals surface area contributed by atoms with Crippen molar-refractivity contribution < 1.29 is 14.3 Å². The van der Waals surface area contributed by atoms with Crippen LogP contribution in [0.4, 0.5) is 4.39 Å². The van der Waals surface area contributed by atoms with Crippen LogP contribution in [-0.4, -0.2) is 15.9 Å².